The van der Waals surface area contributed by atoms with E-state index in [0.29, 0.717) is 11.3 Å². The molecule has 2 aliphatic carbocycles. The summed E-state index contributed by atoms with van der Waals surface area (Å²) >= 11 is 0. The Kier molecular flexibility index (Phi) is 5.28. The molecule has 0 bridgehead atoms. The Morgan fingerprint density at radius 1 is 1.00 bits per heavy atom. The van der Waals surface area contributed by atoms with E-state index < -0.39 is 21.7 Å². The molecular formula is C23H25N3O4S. The van der Waals surface area contributed by atoms with Crippen LogP contribution in [0, 0.1) is 11.3 Å². The van der Waals surface area contributed by atoms with Crippen LogP contribution < -0.4 is 10.0 Å². The van der Waals surface area contributed by atoms with Gasteiger partial charge < -0.3 is 10.4 Å². The molecule has 0 atom stereocenters. The van der Waals surface area contributed by atoms with Gasteiger partial charge in [0.2, 0.25) is 0 Å². The number of hydrogen-bond acceptors (Lipinski definition) is 5. The number of nitriles is 1. The average molecular weight is 440 g/mol. The second-order valence-corrected chi connectivity index (χ2v) is 10.3. The Bertz CT molecular complexity index is 1170. The number of hydrogen-bond donors (Lipinski definition) is 3. The van der Waals surface area contributed by atoms with E-state index in [2.05, 4.69) is 16.1 Å². The minimum atomic E-state index is -4.08. The Morgan fingerprint density at radius 3 is 2.00 bits per heavy atom. The van der Waals surface area contributed by atoms with Crippen LogP contribution in [-0.4, -0.2) is 19.6 Å². The summed E-state index contributed by atoms with van der Waals surface area (Å²) in [7, 11) is -4.08. The first-order valence-corrected chi connectivity index (χ1v) is 11.9. The summed E-state index contributed by atoms with van der Waals surface area (Å²) in [6.07, 6.45) is 4.95. The number of anilines is 1. The van der Waals surface area contributed by atoms with Gasteiger partial charge >= 0.3 is 6.03 Å². The number of rotatable bonds is 4. The van der Waals surface area contributed by atoms with E-state index in [1.165, 1.54) is 24.3 Å². The molecule has 2 aromatic rings. The summed E-state index contributed by atoms with van der Waals surface area (Å²) in [5.41, 5.74) is 4.78. The van der Waals surface area contributed by atoms with Crippen LogP contribution in [0.3, 0.4) is 0 Å². The van der Waals surface area contributed by atoms with Crippen molar-refractivity contribution < 1.29 is 18.3 Å². The molecule has 2 aromatic carbocycles. The van der Waals surface area contributed by atoms with Crippen molar-refractivity contribution in [2.45, 2.75) is 62.9 Å². The Labute approximate surface area is 182 Å². The Balaban J connectivity index is 1.60. The van der Waals surface area contributed by atoms with Gasteiger partial charge in [0.05, 0.1) is 22.1 Å². The van der Waals surface area contributed by atoms with Crippen LogP contribution in [0.15, 0.2) is 29.2 Å². The fraction of sp³-hybridized carbons (Fsp3) is 0.391. The largest absolute Gasteiger partial charge is 0.386 e. The fourth-order valence-electron chi connectivity index (χ4n) is 4.60. The van der Waals surface area contributed by atoms with Gasteiger partial charge in [-0.2, -0.15) is 5.26 Å². The first-order chi connectivity index (χ1) is 14.6. The summed E-state index contributed by atoms with van der Waals surface area (Å²) < 4.78 is 27.5. The molecule has 162 valence electrons. The van der Waals surface area contributed by atoms with Crippen LogP contribution in [0.4, 0.5) is 10.5 Å². The molecule has 31 heavy (non-hydrogen) atoms. The van der Waals surface area contributed by atoms with E-state index in [4.69, 9.17) is 0 Å². The molecule has 0 saturated carbocycles. The zero-order valence-electron chi connectivity index (χ0n) is 17.6. The van der Waals surface area contributed by atoms with Crippen molar-refractivity contribution in [3.05, 3.63) is 57.6 Å². The Hall–Kier alpha value is -2.89. The van der Waals surface area contributed by atoms with Gasteiger partial charge in [-0.15, -0.1) is 0 Å². The van der Waals surface area contributed by atoms with Crippen LogP contribution in [0.25, 0.3) is 0 Å². The van der Waals surface area contributed by atoms with E-state index in [0.717, 1.165) is 66.3 Å². The van der Waals surface area contributed by atoms with Gasteiger partial charge in [-0.3, -0.25) is 0 Å². The van der Waals surface area contributed by atoms with Gasteiger partial charge in [0, 0.05) is 5.69 Å². The number of fused-ring (bicyclic) bond motifs is 2. The summed E-state index contributed by atoms with van der Waals surface area (Å²) in [5.74, 6) is 0. The highest BCUT2D eigenvalue weighted by molar-refractivity contribution is 7.90. The molecule has 0 fully saturated rings. The molecule has 2 amide bonds. The van der Waals surface area contributed by atoms with Crippen LogP contribution in [0.2, 0.25) is 0 Å². The highest BCUT2D eigenvalue weighted by Gasteiger charge is 2.30. The van der Waals surface area contributed by atoms with Gasteiger partial charge in [0.25, 0.3) is 10.0 Å². The maximum Gasteiger partial charge on any atom is 0.333 e. The molecule has 7 nitrogen and oxygen atoms in total. The maximum atomic E-state index is 12.7. The third-order valence-electron chi connectivity index (χ3n) is 6.09. The lowest BCUT2D eigenvalue weighted by molar-refractivity contribution is 0.0785. The third kappa shape index (κ3) is 3.91. The van der Waals surface area contributed by atoms with Crippen molar-refractivity contribution in [2.75, 3.05) is 5.32 Å². The second-order valence-electron chi connectivity index (χ2n) is 8.63. The molecule has 0 saturated heterocycles. The molecular weight excluding hydrogens is 414 g/mol. The number of aliphatic hydroxyl groups is 1. The minimum absolute atomic E-state index is 0.0639. The first-order valence-electron chi connectivity index (χ1n) is 10.4. The number of urea groups is 1. The van der Waals surface area contributed by atoms with Crippen LogP contribution >= 0.6 is 0 Å². The highest BCUT2D eigenvalue weighted by atomic mass is 32.2. The smallest absolute Gasteiger partial charge is 0.333 e. The molecule has 2 aliphatic rings. The van der Waals surface area contributed by atoms with Crippen molar-refractivity contribution >= 4 is 21.7 Å². The zero-order chi connectivity index (χ0) is 22.4. The number of nitrogens with one attached hydrogen (secondary N) is 2. The maximum absolute atomic E-state index is 12.7. The molecule has 0 spiro atoms. The van der Waals surface area contributed by atoms with Crippen LogP contribution in [0.1, 0.15) is 60.1 Å². The van der Waals surface area contributed by atoms with E-state index >= 15 is 0 Å². The second kappa shape index (κ2) is 7.66. The number of carbonyl (C=O) groups excluding carboxylic acids is 1. The topological polar surface area (TPSA) is 119 Å². The number of sulfonamides is 1. The third-order valence-corrected chi connectivity index (χ3v) is 7.44. The predicted molar refractivity (Wildman–Crippen MR) is 116 cm³/mol. The molecule has 0 heterocycles. The quantitative estimate of drug-likeness (QED) is 0.675. The minimum Gasteiger partial charge on any atom is -0.386 e. The zero-order valence-corrected chi connectivity index (χ0v) is 18.4. The normalized spacial score (nSPS) is 15.2. The van der Waals surface area contributed by atoms with Crippen molar-refractivity contribution in [1.82, 2.24) is 4.72 Å². The van der Waals surface area contributed by atoms with Crippen LogP contribution in [0.5, 0.6) is 0 Å². The standard InChI is InChI=1S/C23H25N3O4S/c1-23(2,28)14-9-11-15(12-10-14)31(29,30)26-22(27)25-21-18-7-3-5-16(18)20(13-24)17-6-4-8-19(17)21/h9-12,28H,3-8H2,1-2H3,(H2,25,26,27). The van der Waals surface area contributed by atoms with Gasteiger partial charge in [0.1, 0.15) is 0 Å². The molecule has 8 heteroatoms. The lowest BCUT2D eigenvalue weighted by Crippen LogP contribution is -2.35. The Morgan fingerprint density at radius 2 is 1.52 bits per heavy atom. The van der Waals surface area contributed by atoms with Crippen molar-refractivity contribution in [1.29, 1.82) is 5.26 Å². The highest BCUT2D eigenvalue weighted by Crippen LogP contribution is 2.41. The summed E-state index contributed by atoms with van der Waals surface area (Å²) in [6, 6.07) is 7.28. The fourth-order valence-corrected chi connectivity index (χ4v) is 5.51. The van der Waals surface area contributed by atoms with Gasteiger partial charge in [-0.1, -0.05) is 12.1 Å². The molecule has 0 aromatic heterocycles. The van der Waals surface area contributed by atoms with Gasteiger partial charge in [-0.05, 0) is 92.3 Å². The van der Waals surface area contributed by atoms with E-state index in [1.807, 2.05) is 0 Å². The number of nitrogens with zero attached hydrogens (tertiary/aromatic N) is 1. The monoisotopic (exact) mass is 439 g/mol. The molecule has 0 aliphatic heterocycles. The lowest BCUT2D eigenvalue weighted by atomic mass is 9.93. The van der Waals surface area contributed by atoms with E-state index in [-0.39, 0.29) is 4.90 Å². The van der Waals surface area contributed by atoms with Crippen molar-refractivity contribution in [3.8, 4) is 6.07 Å². The summed E-state index contributed by atoms with van der Waals surface area (Å²) in [6.45, 7) is 3.22. The molecule has 4 rings (SSSR count). The number of amides is 2. The van der Waals surface area contributed by atoms with Crippen molar-refractivity contribution in [2.24, 2.45) is 0 Å². The number of carbonyl (C=O) groups is 1. The SMILES string of the molecule is CC(C)(O)c1ccc(S(=O)(=O)NC(=O)Nc2c3c(c(C#N)c4c2CCC4)CCC3)cc1. The van der Waals surface area contributed by atoms with E-state index in [1.54, 1.807) is 13.8 Å². The number of benzene rings is 2. The summed E-state index contributed by atoms with van der Waals surface area (Å²) in [4.78, 5) is 12.6. The van der Waals surface area contributed by atoms with E-state index in [9.17, 15) is 23.6 Å². The first kappa shape index (κ1) is 21.3. The molecule has 3 N–H and O–H groups in total. The van der Waals surface area contributed by atoms with Gasteiger partial charge in [0.15, 0.2) is 0 Å². The average Bonchev–Trinajstić information content (AvgIpc) is 3.37. The lowest BCUT2D eigenvalue weighted by Gasteiger charge is -2.19. The van der Waals surface area contributed by atoms with Crippen molar-refractivity contribution in [3.63, 3.8) is 0 Å². The molecule has 0 radical (unpaired) electrons. The summed E-state index contributed by atoms with van der Waals surface area (Å²) in [5, 5.41) is 22.5. The molecule has 0 unspecified atom stereocenters. The predicted octanol–water partition coefficient (Wildman–Crippen LogP) is 3.27. The van der Waals surface area contributed by atoms with Crippen LogP contribution in [-0.2, 0) is 41.3 Å². The van der Waals surface area contributed by atoms with Gasteiger partial charge in [-0.25, -0.2) is 17.9 Å².